The Morgan fingerprint density at radius 3 is 2.69 bits per heavy atom. The van der Waals surface area contributed by atoms with E-state index in [9.17, 15) is 0 Å². The van der Waals surface area contributed by atoms with Crippen molar-refractivity contribution in [3.8, 4) is 11.8 Å². The summed E-state index contributed by atoms with van der Waals surface area (Å²) in [5, 5.41) is 8.67. The lowest BCUT2D eigenvalue weighted by molar-refractivity contribution is 0.129. The number of aliphatic hydroxyl groups excluding tert-OH is 1. The normalized spacial score (nSPS) is 36.9. The molecule has 2 nitrogen and oxygen atoms in total. The maximum Gasteiger partial charge on any atom is 0.104 e. The van der Waals surface area contributed by atoms with Crippen LogP contribution < -0.4 is 0 Å². The molecule has 0 radical (unpaired) electrons. The highest BCUT2D eigenvalue weighted by atomic mass is 16.2. The van der Waals surface area contributed by atoms with E-state index < -0.39 is 0 Å². The van der Waals surface area contributed by atoms with Gasteiger partial charge in [-0.05, 0) is 30.1 Å². The first-order valence-electron chi connectivity index (χ1n) is 6.25. The van der Waals surface area contributed by atoms with Crippen LogP contribution in [0.1, 0.15) is 40.0 Å². The van der Waals surface area contributed by atoms with Gasteiger partial charge >= 0.3 is 0 Å². The van der Waals surface area contributed by atoms with Gasteiger partial charge in [0.1, 0.15) is 6.61 Å². The van der Waals surface area contributed by atoms with Crippen molar-refractivity contribution in [3.63, 3.8) is 0 Å². The molecule has 0 aromatic rings. The zero-order valence-corrected chi connectivity index (χ0v) is 10.7. The molecule has 2 heteroatoms. The van der Waals surface area contributed by atoms with Gasteiger partial charge in [0, 0.05) is 12.6 Å². The van der Waals surface area contributed by atoms with Crippen LogP contribution in [0.2, 0.25) is 0 Å². The van der Waals surface area contributed by atoms with Crippen molar-refractivity contribution < 1.29 is 5.11 Å². The highest BCUT2D eigenvalue weighted by molar-refractivity contribution is 5.08. The van der Waals surface area contributed by atoms with Crippen LogP contribution in [0.3, 0.4) is 0 Å². The SMILES string of the molecule is CC1(C)C[C@@H]2C[C@@](C)(CN2CC#CCO)C1. The van der Waals surface area contributed by atoms with Gasteiger partial charge in [-0.3, -0.25) is 4.90 Å². The molecule has 2 rings (SSSR count). The van der Waals surface area contributed by atoms with E-state index in [4.69, 9.17) is 5.11 Å². The lowest BCUT2D eigenvalue weighted by Crippen LogP contribution is -2.34. The monoisotopic (exact) mass is 221 g/mol. The van der Waals surface area contributed by atoms with E-state index in [-0.39, 0.29) is 6.61 Å². The van der Waals surface area contributed by atoms with Gasteiger partial charge in [-0.2, -0.15) is 0 Å². The molecule has 0 spiro atoms. The molecule has 0 aromatic carbocycles. The number of hydrogen-bond acceptors (Lipinski definition) is 2. The molecule has 16 heavy (non-hydrogen) atoms. The largest absolute Gasteiger partial charge is 0.384 e. The Morgan fingerprint density at radius 1 is 1.25 bits per heavy atom. The summed E-state index contributed by atoms with van der Waals surface area (Å²) in [6.45, 7) is 9.19. The fourth-order valence-electron chi connectivity index (χ4n) is 3.97. The van der Waals surface area contributed by atoms with E-state index in [0.717, 1.165) is 6.54 Å². The molecule has 2 atom stereocenters. The van der Waals surface area contributed by atoms with Gasteiger partial charge in [0.05, 0.1) is 6.54 Å². The first kappa shape index (κ1) is 12.0. The number of fused-ring (bicyclic) bond motifs is 2. The fraction of sp³-hybridized carbons (Fsp3) is 0.857. The molecule has 2 bridgehead atoms. The van der Waals surface area contributed by atoms with E-state index in [0.29, 0.717) is 16.9 Å². The minimum absolute atomic E-state index is 0.0126. The lowest BCUT2D eigenvalue weighted by atomic mass is 9.65. The lowest BCUT2D eigenvalue weighted by Gasteiger charge is -2.39. The van der Waals surface area contributed by atoms with E-state index >= 15 is 0 Å². The molecule has 0 unspecified atom stereocenters. The molecule has 2 aliphatic rings. The average molecular weight is 221 g/mol. The molecule has 1 aliphatic carbocycles. The summed E-state index contributed by atoms with van der Waals surface area (Å²) in [4.78, 5) is 2.51. The van der Waals surface area contributed by atoms with E-state index in [1.54, 1.807) is 0 Å². The summed E-state index contributed by atoms with van der Waals surface area (Å²) in [5.41, 5.74) is 0.976. The quantitative estimate of drug-likeness (QED) is 0.683. The molecule has 1 saturated heterocycles. The Hall–Kier alpha value is -0.520. The van der Waals surface area contributed by atoms with Gasteiger partial charge in [0.2, 0.25) is 0 Å². The molecule has 1 heterocycles. The highest BCUT2D eigenvalue weighted by Crippen LogP contribution is 2.52. The zero-order valence-electron chi connectivity index (χ0n) is 10.7. The second-order valence-electron chi connectivity index (χ2n) is 6.63. The number of likely N-dealkylation sites (tertiary alicyclic amines) is 1. The molecule has 1 saturated carbocycles. The molecular weight excluding hydrogens is 198 g/mol. The number of hydrogen-bond donors (Lipinski definition) is 1. The molecular formula is C14H23NO. The van der Waals surface area contributed by atoms with Crippen molar-refractivity contribution in [2.45, 2.75) is 46.1 Å². The predicted molar refractivity (Wildman–Crippen MR) is 66.0 cm³/mol. The number of nitrogens with zero attached hydrogens (tertiary/aromatic N) is 1. The van der Waals surface area contributed by atoms with Crippen LogP contribution in [0.5, 0.6) is 0 Å². The average Bonchev–Trinajstić information content (AvgIpc) is 2.35. The maximum atomic E-state index is 8.67. The van der Waals surface area contributed by atoms with Crippen molar-refractivity contribution in [1.82, 2.24) is 4.90 Å². The second-order valence-corrected chi connectivity index (χ2v) is 6.63. The topological polar surface area (TPSA) is 23.5 Å². The molecule has 0 amide bonds. The summed E-state index contributed by atoms with van der Waals surface area (Å²) in [6, 6.07) is 0.710. The summed E-state index contributed by atoms with van der Waals surface area (Å²) in [6.07, 6.45) is 3.96. The Labute approximate surface area is 99.0 Å². The predicted octanol–water partition coefficient (Wildman–Crippen LogP) is 1.88. The smallest absolute Gasteiger partial charge is 0.104 e. The number of rotatable bonds is 1. The Morgan fingerprint density at radius 2 is 2.00 bits per heavy atom. The van der Waals surface area contributed by atoms with Crippen LogP contribution in [0.4, 0.5) is 0 Å². The second kappa shape index (κ2) is 4.05. The third-order valence-electron chi connectivity index (χ3n) is 4.01. The molecule has 90 valence electrons. The standard InChI is InChI=1S/C14H23NO/c1-13(2)8-12-9-14(3,10-13)11-15(12)6-4-5-7-16/h12,16H,6-11H2,1-3H3/t12-,14-/m1/s1. The highest BCUT2D eigenvalue weighted by Gasteiger charge is 2.49. The van der Waals surface area contributed by atoms with Gasteiger partial charge in [0.15, 0.2) is 0 Å². The van der Waals surface area contributed by atoms with Crippen molar-refractivity contribution >= 4 is 0 Å². The van der Waals surface area contributed by atoms with Crippen molar-refractivity contribution in [3.05, 3.63) is 0 Å². The first-order valence-corrected chi connectivity index (χ1v) is 6.25. The van der Waals surface area contributed by atoms with Crippen LogP contribution in [-0.4, -0.2) is 35.7 Å². The van der Waals surface area contributed by atoms with Gasteiger partial charge < -0.3 is 5.11 Å². The summed E-state index contributed by atoms with van der Waals surface area (Å²) >= 11 is 0. The van der Waals surface area contributed by atoms with Gasteiger partial charge in [-0.1, -0.05) is 32.6 Å². The maximum absolute atomic E-state index is 8.67. The van der Waals surface area contributed by atoms with Crippen LogP contribution >= 0.6 is 0 Å². The van der Waals surface area contributed by atoms with Crippen LogP contribution in [0.15, 0.2) is 0 Å². The Balaban J connectivity index is 2.04. The van der Waals surface area contributed by atoms with Crippen LogP contribution in [0.25, 0.3) is 0 Å². The summed E-state index contributed by atoms with van der Waals surface area (Å²) in [5.74, 6) is 5.81. The van der Waals surface area contributed by atoms with E-state index in [1.807, 2.05) is 0 Å². The van der Waals surface area contributed by atoms with Crippen molar-refractivity contribution in [1.29, 1.82) is 0 Å². The zero-order chi connectivity index (χ0) is 11.8. The summed E-state index contributed by atoms with van der Waals surface area (Å²) < 4.78 is 0. The number of aliphatic hydroxyl groups is 1. The first-order chi connectivity index (χ1) is 7.44. The van der Waals surface area contributed by atoms with E-state index in [2.05, 4.69) is 37.5 Å². The van der Waals surface area contributed by atoms with Crippen LogP contribution in [-0.2, 0) is 0 Å². The van der Waals surface area contributed by atoms with Crippen molar-refractivity contribution in [2.75, 3.05) is 19.7 Å². The Kier molecular flexibility index (Phi) is 3.03. The van der Waals surface area contributed by atoms with E-state index in [1.165, 1.54) is 25.8 Å². The minimum atomic E-state index is -0.0126. The van der Waals surface area contributed by atoms with Crippen LogP contribution in [0, 0.1) is 22.7 Å². The molecule has 0 aromatic heterocycles. The minimum Gasteiger partial charge on any atom is -0.384 e. The molecule has 2 fully saturated rings. The third-order valence-corrected chi connectivity index (χ3v) is 4.01. The molecule has 1 N–H and O–H groups in total. The third kappa shape index (κ3) is 2.42. The molecule has 1 aliphatic heterocycles. The van der Waals surface area contributed by atoms with Gasteiger partial charge in [0.25, 0.3) is 0 Å². The van der Waals surface area contributed by atoms with Gasteiger partial charge in [-0.25, -0.2) is 0 Å². The van der Waals surface area contributed by atoms with Crippen molar-refractivity contribution in [2.24, 2.45) is 10.8 Å². The Bertz CT molecular complexity index is 325. The summed E-state index contributed by atoms with van der Waals surface area (Å²) in [7, 11) is 0. The fourth-order valence-corrected chi connectivity index (χ4v) is 3.97. The van der Waals surface area contributed by atoms with Gasteiger partial charge in [-0.15, -0.1) is 0 Å².